The number of carbonyl (C=O) groups excluding carboxylic acids is 1. The van der Waals surface area contributed by atoms with Crippen LogP contribution < -0.4 is 5.32 Å². The summed E-state index contributed by atoms with van der Waals surface area (Å²) in [6, 6.07) is 7.38. The minimum absolute atomic E-state index is 0.0598. The average Bonchev–Trinajstić information content (AvgIpc) is 2.98. The van der Waals surface area contributed by atoms with Crippen LogP contribution in [0.15, 0.2) is 34.9 Å². The predicted octanol–water partition coefficient (Wildman–Crippen LogP) is 2.19. The molecule has 2 N–H and O–H groups in total. The van der Waals surface area contributed by atoms with Gasteiger partial charge in [-0.15, -0.1) is 0 Å². The van der Waals surface area contributed by atoms with Crippen molar-refractivity contribution < 1.29 is 14.3 Å². The maximum atomic E-state index is 12.7. The number of aryl methyl sites for hydroxylation is 1. The molecule has 0 bridgehead atoms. The molecule has 1 saturated heterocycles. The van der Waals surface area contributed by atoms with Gasteiger partial charge < -0.3 is 19.7 Å². The number of hydrogen-bond acceptors (Lipinski definition) is 5. The lowest BCUT2D eigenvalue weighted by atomic mass is 10.1. The molecule has 2 aromatic rings. The summed E-state index contributed by atoms with van der Waals surface area (Å²) >= 11 is 0. The predicted molar refractivity (Wildman–Crippen MR) is 86.2 cm³/mol. The molecule has 0 radical (unpaired) electrons. The fourth-order valence-electron chi connectivity index (χ4n) is 2.79. The largest absolute Gasteiger partial charge is 0.444 e. The molecule has 3 rings (SSSR count). The molecule has 1 unspecified atom stereocenters. The highest BCUT2D eigenvalue weighted by atomic mass is 16.4. The number of anilines is 1. The van der Waals surface area contributed by atoms with Gasteiger partial charge in [0.1, 0.15) is 5.76 Å². The van der Waals surface area contributed by atoms with Crippen LogP contribution in [0, 0.1) is 6.92 Å². The molecule has 0 aliphatic carbocycles. The van der Waals surface area contributed by atoms with Gasteiger partial charge in [-0.05, 0) is 31.9 Å². The lowest BCUT2D eigenvalue weighted by Gasteiger charge is -2.30. The number of likely N-dealkylation sites (tertiary alicyclic amines) is 1. The number of aliphatic hydroxyl groups excluding tert-OH is 1. The molecule has 122 valence electrons. The van der Waals surface area contributed by atoms with E-state index in [0.29, 0.717) is 31.1 Å². The fourth-order valence-corrected chi connectivity index (χ4v) is 2.79. The Bertz CT molecular complexity index is 683. The number of rotatable bonds is 4. The first-order chi connectivity index (χ1) is 11.1. The zero-order valence-electron chi connectivity index (χ0n) is 13.2. The third kappa shape index (κ3) is 3.71. The highest BCUT2D eigenvalue weighted by Gasteiger charge is 2.24. The number of hydrogen-bond donors (Lipinski definition) is 2. The summed E-state index contributed by atoms with van der Waals surface area (Å²) in [4.78, 5) is 18.6. The molecule has 0 spiro atoms. The monoisotopic (exact) mass is 315 g/mol. The van der Waals surface area contributed by atoms with Crippen LogP contribution in [0.25, 0.3) is 0 Å². The summed E-state index contributed by atoms with van der Waals surface area (Å²) in [6.07, 6.45) is 2.83. The van der Waals surface area contributed by atoms with E-state index in [1.807, 2.05) is 25.1 Å². The number of amides is 1. The number of carbonyl (C=O) groups is 1. The second-order valence-electron chi connectivity index (χ2n) is 5.81. The smallest absolute Gasteiger partial charge is 0.256 e. The van der Waals surface area contributed by atoms with Crippen LogP contribution in [0.3, 0.4) is 0 Å². The Labute approximate surface area is 135 Å². The van der Waals surface area contributed by atoms with Gasteiger partial charge in [0.25, 0.3) is 5.91 Å². The van der Waals surface area contributed by atoms with Crippen molar-refractivity contribution in [3.05, 3.63) is 47.7 Å². The number of para-hydroxylation sites is 1. The number of oxazole rings is 1. The van der Waals surface area contributed by atoms with E-state index in [1.165, 1.54) is 0 Å². The third-order valence-electron chi connectivity index (χ3n) is 3.94. The van der Waals surface area contributed by atoms with Crippen LogP contribution in [0.5, 0.6) is 0 Å². The first kappa shape index (κ1) is 15.6. The van der Waals surface area contributed by atoms with Crippen molar-refractivity contribution in [1.29, 1.82) is 0 Å². The Hall–Kier alpha value is -2.34. The summed E-state index contributed by atoms with van der Waals surface area (Å²) in [5, 5.41) is 13.0. The van der Waals surface area contributed by atoms with Crippen molar-refractivity contribution in [3.63, 3.8) is 0 Å². The zero-order valence-corrected chi connectivity index (χ0v) is 13.2. The van der Waals surface area contributed by atoms with E-state index in [9.17, 15) is 9.90 Å². The van der Waals surface area contributed by atoms with Gasteiger partial charge in [0.15, 0.2) is 0 Å². The molecule has 1 aromatic carbocycles. The summed E-state index contributed by atoms with van der Waals surface area (Å²) in [5.74, 6) is 1.28. The first-order valence-electron chi connectivity index (χ1n) is 7.85. The number of nitrogens with zero attached hydrogens (tertiary/aromatic N) is 2. The van der Waals surface area contributed by atoms with Crippen molar-refractivity contribution in [3.8, 4) is 0 Å². The topological polar surface area (TPSA) is 78.6 Å². The second-order valence-corrected chi connectivity index (χ2v) is 5.81. The van der Waals surface area contributed by atoms with Gasteiger partial charge in [0.05, 0.1) is 24.4 Å². The summed E-state index contributed by atoms with van der Waals surface area (Å²) in [5.41, 5.74) is 1.35. The minimum atomic E-state index is -0.428. The fraction of sp³-hybridized carbons (Fsp3) is 0.412. The third-order valence-corrected chi connectivity index (χ3v) is 3.94. The molecule has 6 heteroatoms. The summed E-state index contributed by atoms with van der Waals surface area (Å²) in [7, 11) is 0. The first-order valence-corrected chi connectivity index (χ1v) is 7.85. The van der Waals surface area contributed by atoms with Gasteiger partial charge in [0, 0.05) is 18.8 Å². The number of nitrogens with one attached hydrogen (secondary N) is 1. The molecule has 6 nitrogen and oxygen atoms in total. The van der Waals surface area contributed by atoms with E-state index >= 15 is 0 Å². The molecule has 1 atom stereocenters. The van der Waals surface area contributed by atoms with Crippen molar-refractivity contribution in [2.24, 2.45) is 0 Å². The highest BCUT2D eigenvalue weighted by molar-refractivity contribution is 5.99. The lowest BCUT2D eigenvalue weighted by molar-refractivity contribution is 0.0474. The number of aliphatic hydroxyl groups is 1. The lowest BCUT2D eigenvalue weighted by Crippen LogP contribution is -2.42. The molecule has 23 heavy (non-hydrogen) atoms. The van der Waals surface area contributed by atoms with Crippen LogP contribution in [0.4, 0.5) is 5.69 Å². The molecule has 1 aliphatic rings. The van der Waals surface area contributed by atoms with Gasteiger partial charge >= 0.3 is 0 Å². The molecule has 1 aliphatic heterocycles. The number of β-amino-alcohol motifs (C(OH)–C–C–N with tert-alkyl or cyclic N) is 1. The Morgan fingerprint density at radius 2 is 2.30 bits per heavy atom. The van der Waals surface area contributed by atoms with Crippen molar-refractivity contribution >= 4 is 11.6 Å². The number of aromatic nitrogens is 1. The van der Waals surface area contributed by atoms with E-state index in [2.05, 4.69) is 10.3 Å². The van der Waals surface area contributed by atoms with Crippen LogP contribution in [-0.4, -0.2) is 40.1 Å². The van der Waals surface area contributed by atoms with Gasteiger partial charge in [-0.3, -0.25) is 4.79 Å². The van der Waals surface area contributed by atoms with Crippen molar-refractivity contribution in [2.45, 2.75) is 32.4 Å². The van der Waals surface area contributed by atoms with E-state index in [1.54, 1.807) is 17.2 Å². The Kier molecular flexibility index (Phi) is 4.62. The molecule has 0 saturated carbocycles. The average molecular weight is 315 g/mol. The summed E-state index contributed by atoms with van der Waals surface area (Å²) < 4.78 is 5.43. The molecular formula is C17H21N3O3. The molecule has 1 amide bonds. The van der Waals surface area contributed by atoms with Crippen LogP contribution in [-0.2, 0) is 6.54 Å². The molecule has 1 aromatic heterocycles. The standard InChI is InChI=1S/C17H21N3O3/c1-12-9-19-16(23-12)10-18-15-7-3-2-6-14(15)17(22)20-8-4-5-13(21)11-20/h2-3,6-7,9,13,18,21H,4-5,8,10-11H2,1H3. The normalized spacial score (nSPS) is 18.0. The van der Waals surface area contributed by atoms with Crippen LogP contribution in [0.2, 0.25) is 0 Å². The number of piperidine rings is 1. The quantitative estimate of drug-likeness (QED) is 0.904. The SMILES string of the molecule is Cc1cnc(CNc2ccccc2C(=O)N2CCCC(O)C2)o1. The van der Waals surface area contributed by atoms with E-state index in [4.69, 9.17) is 4.42 Å². The highest BCUT2D eigenvalue weighted by Crippen LogP contribution is 2.21. The molecule has 2 heterocycles. The molecular weight excluding hydrogens is 294 g/mol. The van der Waals surface area contributed by atoms with Gasteiger partial charge in [-0.2, -0.15) is 0 Å². The maximum absolute atomic E-state index is 12.7. The minimum Gasteiger partial charge on any atom is -0.444 e. The van der Waals surface area contributed by atoms with E-state index in [0.717, 1.165) is 24.3 Å². The zero-order chi connectivity index (χ0) is 16.2. The van der Waals surface area contributed by atoms with Gasteiger partial charge in [-0.25, -0.2) is 4.98 Å². The number of benzene rings is 1. The second kappa shape index (κ2) is 6.83. The van der Waals surface area contributed by atoms with E-state index < -0.39 is 6.10 Å². The Balaban J connectivity index is 1.73. The molecule has 1 fully saturated rings. The van der Waals surface area contributed by atoms with Crippen molar-refractivity contribution in [2.75, 3.05) is 18.4 Å². The Morgan fingerprint density at radius 1 is 1.48 bits per heavy atom. The Morgan fingerprint density at radius 3 is 3.04 bits per heavy atom. The van der Waals surface area contributed by atoms with Crippen molar-refractivity contribution in [1.82, 2.24) is 9.88 Å². The van der Waals surface area contributed by atoms with E-state index in [-0.39, 0.29) is 5.91 Å². The van der Waals surface area contributed by atoms with Crippen LogP contribution >= 0.6 is 0 Å². The van der Waals surface area contributed by atoms with Gasteiger partial charge in [0.2, 0.25) is 5.89 Å². The van der Waals surface area contributed by atoms with Crippen LogP contribution in [0.1, 0.15) is 34.9 Å². The summed E-state index contributed by atoms with van der Waals surface area (Å²) in [6.45, 7) is 3.34. The van der Waals surface area contributed by atoms with Gasteiger partial charge in [-0.1, -0.05) is 12.1 Å². The maximum Gasteiger partial charge on any atom is 0.256 e.